The van der Waals surface area contributed by atoms with E-state index in [9.17, 15) is 4.79 Å². The van der Waals surface area contributed by atoms with Crippen molar-refractivity contribution in [2.24, 2.45) is 0 Å². The summed E-state index contributed by atoms with van der Waals surface area (Å²) in [6.45, 7) is 0.708. The van der Waals surface area contributed by atoms with E-state index in [2.05, 4.69) is 52.9 Å². The zero-order chi connectivity index (χ0) is 16.4. The minimum atomic E-state index is -0.0998. The van der Waals surface area contributed by atoms with Gasteiger partial charge in [-0.05, 0) is 29.2 Å². The molecule has 1 aliphatic heterocycles. The van der Waals surface area contributed by atoms with Gasteiger partial charge in [0.2, 0.25) is 5.91 Å². The van der Waals surface area contributed by atoms with Gasteiger partial charge >= 0.3 is 0 Å². The fourth-order valence-electron chi connectivity index (χ4n) is 3.39. The molecule has 0 spiro atoms. The highest BCUT2D eigenvalue weighted by molar-refractivity contribution is 7.98. The Hall–Kier alpha value is -2.20. The van der Waals surface area contributed by atoms with Gasteiger partial charge in [0.05, 0.1) is 5.92 Å². The fourth-order valence-corrected chi connectivity index (χ4v) is 4.51. The maximum Gasteiger partial charge on any atom is 0.228 e. The number of aromatic nitrogens is 1. The van der Waals surface area contributed by atoms with Gasteiger partial charge in [-0.1, -0.05) is 42.5 Å². The number of nitrogens with one attached hydrogen (secondary N) is 2. The molecule has 0 saturated heterocycles. The predicted octanol–water partition coefficient (Wildman–Crippen LogP) is 4.35. The van der Waals surface area contributed by atoms with Gasteiger partial charge < -0.3 is 10.3 Å². The van der Waals surface area contributed by atoms with Crippen LogP contribution in [-0.2, 0) is 17.0 Å². The first kappa shape index (κ1) is 15.3. The number of carbonyl (C=O) groups excluding carboxylic acids is 1. The summed E-state index contributed by atoms with van der Waals surface area (Å²) >= 11 is 1.82. The van der Waals surface area contributed by atoms with E-state index in [1.54, 1.807) is 0 Å². The minimum Gasteiger partial charge on any atom is -0.361 e. The summed E-state index contributed by atoms with van der Waals surface area (Å²) in [5.74, 6) is 1.78. The van der Waals surface area contributed by atoms with E-state index in [0.29, 0.717) is 6.54 Å². The molecule has 1 atom stereocenters. The van der Waals surface area contributed by atoms with Crippen molar-refractivity contribution in [3.05, 3.63) is 71.4 Å². The molecule has 24 heavy (non-hydrogen) atoms. The second kappa shape index (κ2) is 6.73. The second-order valence-corrected chi connectivity index (χ2v) is 7.21. The van der Waals surface area contributed by atoms with E-state index in [4.69, 9.17) is 0 Å². The lowest BCUT2D eigenvalue weighted by atomic mass is 9.92. The number of rotatable bonds is 4. The number of carbonyl (C=O) groups is 1. The number of H-pyrrole nitrogens is 1. The van der Waals surface area contributed by atoms with Crippen LogP contribution < -0.4 is 5.32 Å². The van der Waals surface area contributed by atoms with Crippen molar-refractivity contribution in [3.63, 3.8) is 0 Å². The fraction of sp³-hybridized carbons (Fsp3) is 0.250. The van der Waals surface area contributed by atoms with Gasteiger partial charge in [0.1, 0.15) is 0 Å². The molecule has 0 radical (unpaired) electrons. The van der Waals surface area contributed by atoms with Crippen molar-refractivity contribution in [1.29, 1.82) is 0 Å². The quantitative estimate of drug-likeness (QED) is 0.742. The van der Waals surface area contributed by atoms with E-state index in [1.807, 2.05) is 23.9 Å². The maximum absolute atomic E-state index is 12.6. The maximum atomic E-state index is 12.6. The smallest absolute Gasteiger partial charge is 0.228 e. The Morgan fingerprint density at radius 2 is 2.00 bits per heavy atom. The lowest BCUT2D eigenvalue weighted by molar-refractivity contribution is -0.122. The SMILES string of the molecule is O=C1NCCc2c[nH]c3cccc(c23)C1CSCc1ccccc1.[HH].[HH]. The van der Waals surface area contributed by atoms with Crippen LogP contribution in [0.2, 0.25) is 0 Å². The van der Waals surface area contributed by atoms with Crippen LogP contribution in [-0.4, -0.2) is 23.2 Å². The highest BCUT2D eigenvalue weighted by atomic mass is 32.2. The summed E-state index contributed by atoms with van der Waals surface area (Å²) < 4.78 is 0. The van der Waals surface area contributed by atoms with Crippen molar-refractivity contribution >= 4 is 28.6 Å². The largest absolute Gasteiger partial charge is 0.361 e. The second-order valence-electron chi connectivity index (χ2n) is 6.18. The van der Waals surface area contributed by atoms with Crippen LogP contribution in [0.1, 0.15) is 25.5 Å². The first-order chi connectivity index (χ1) is 11.8. The van der Waals surface area contributed by atoms with Crippen LogP contribution >= 0.6 is 11.8 Å². The van der Waals surface area contributed by atoms with Crippen LogP contribution in [0, 0.1) is 0 Å². The van der Waals surface area contributed by atoms with E-state index in [1.165, 1.54) is 16.5 Å². The molecule has 1 aromatic heterocycles. The molecule has 4 rings (SSSR count). The van der Waals surface area contributed by atoms with E-state index in [0.717, 1.165) is 29.0 Å². The first-order valence-corrected chi connectivity index (χ1v) is 9.46. The Labute approximate surface area is 148 Å². The molecular formula is C20H24N2OS. The number of benzene rings is 2. The average Bonchev–Trinajstić information content (AvgIpc) is 3.02. The zero-order valence-electron chi connectivity index (χ0n) is 13.4. The van der Waals surface area contributed by atoms with Crippen molar-refractivity contribution in [1.82, 2.24) is 10.3 Å². The highest BCUT2D eigenvalue weighted by Crippen LogP contribution is 2.32. The summed E-state index contributed by atoms with van der Waals surface area (Å²) in [7, 11) is 0. The lowest BCUT2D eigenvalue weighted by Gasteiger charge is -2.21. The van der Waals surface area contributed by atoms with E-state index >= 15 is 0 Å². The third kappa shape index (κ3) is 2.94. The molecule has 2 heterocycles. The highest BCUT2D eigenvalue weighted by Gasteiger charge is 2.25. The number of amides is 1. The Morgan fingerprint density at radius 1 is 1.12 bits per heavy atom. The van der Waals surface area contributed by atoms with Crippen LogP contribution in [0.3, 0.4) is 0 Å². The van der Waals surface area contributed by atoms with Gasteiger partial charge in [0.15, 0.2) is 0 Å². The molecule has 0 bridgehead atoms. The molecule has 126 valence electrons. The van der Waals surface area contributed by atoms with Gasteiger partial charge in [-0.2, -0.15) is 11.8 Å². The zero-order valence-corrected chi connectivity index (χ0v) is 14.2. The minimum absolute atomic E-state index is 0. The van der Waals surface area contributed by atoms with E-state index in [-0.39, 0.29) is 14.7 Å². The summed E-state index contributed by atoms with van der Waals surface area (Å²) in [5, 5.41) is 4.34. The topological polar surface area (TPSA) is 44.9 Å². The molecule has 4 heteroatoms. The van der Waals surface area contributed by atoms with Crippen molar-refractivity contribution in [3.8, 4) is 0 Å². The molecule has 0 saturated carbocycles. The van der Waals surface area contributed by atoms with Gasteiger partial charge in [0, 0.05) is 38.0 Å². The van der Waals surface area contributed by atoms with Crippen molar-refractivity contribution < 1.29 is 7.65 Å². The van der Waals surface area contributed by atoms with Gasteiger partial charge in [-0.3, -0.25) is 4.79 Å². The monoisotopic (exact) mass is 340 g/mol. The Kier molecular flexibility index (Phi) is 4.30. The molecular weight excluding hydrogens is 316 g/mol. The molecule has 3 nitrogen and oxygen atoms in total. The summed E-state index contributed by atoms with van der Waals surface area (Å²) in [6, 6.07) is 16.7. The summed E-state index contributed by atoms with van der Waals surface area (Å²) in [6.07, 6.45) is 2.96. The van der Waals surface area contributed by atoms with Crippen LogP contribution in [0.25, 0.3) is 10.9 Å². The third-order valence-electron chi connectivity index (χ3n) is 4.60. The standard InChI is InChI=1S/C20H20N2OS.2H2/c23-20-17(13-24-12-14-5-2-1-3-6-14)16-7-4-8-18-19(16)15(11-22-18)9-10-21-20;;/h1-8,11,17,22H,9-10,12-13H2,(H,21,23);2*1H. The van der Waals surface area contributed by atoms with E-state index < -0.39 is 0 Å². The predicted molar refractivity (Wildman–Crippen MR) is 105 cm³/mol. The van der Waals surface area contributed by atoms with Crippen LogP contribution in [0.4, 0.5) is 0 Å². The molecule has 2 aromatic carbocycles. The summed E-state index contributed by atoms with van der Waals surface area (Å²) in [5.41, 5.74) is 4.89. The average molecular weight is 340 g/mol. The van der Waals surface area contributed by atoms with Crippen molar-refractivity contribution in [2.45, 2.75) is 18.1 Å². The molecule has 0 aliphatic carbocycles. The number of thioether (sulfide) groups is 1. The van der Waals surface area contributed by atoms with Crippen molar-refractivity contribution in [2.75, 3.05) is 12.3 Å². The molecule has 0 fully saturated rings. The van der Waals surface area contributed by atoms with Gasteiger partial charge in [-0.15, -0.1) is 0 Å². The molecule has 2 N–H and O–H groups in total. The number of hydrogen-bond acceptors (Lipinski definition) is 2. The Balaban J connectivity index is 0.00000121. The molecule has 1 unspecified atom stereocenters. The normalized spacial score (nSPS) is 17.3. The first-order valence-electron chi connectivity index (χ1n) is 8.31. The molecule has 1 amide bonds. The number of hydrogen-bond donors (Lipinski definition) is 2. The van der Waals surface area contributed by atoms with Gasteiger partial charge in [-0.25, -0.2) is 0 Å². The van der Waals surface area contributed by atoms with Crippen LogP contribution in [0.5, 0.6) is 0 Å². The lowest BCUT2D eigenvalue weighted by Crippen LogP contribution is -2.33. The van der Waals surface area contributed by atoms with Crippen LogP contribution in [0.15, 0.2) is 54.7 Å². The molecule has 3 aromatic rings. The van der Waals surface area contributed by atoms with Gasteiger partial charge in [0.25, 0.3) is 0 Å². The Bertz CT molecular complexity index is 867. The third-order valence-corrected chi connectivity index (χ3v) is 5.71. The summed E-state index contributed by atoms with van der Waals surface area (Å²) in [4.78, 5) is 16.0. The number of aromatic amines is 1. The Morgan fingerprint density at radius 3 is 2.88 bits per heavy atom. The molecule has 1 aliphatic rings.